The van der Waals surface area contributed by atoms with Gasteiger partial charge in [0.05, 0.1) is 16.9 Å². The minimum absolute atomic E-state index is 0.122. The van der Waals surface area contributed by atoms with Crippen LogP contribution in [0.3, 0.4) is 0 Å². The number of nitro benzene ring substituents is 1. The van der Waals surface area contributed by atoms with Crippen LogP contribution in [0.4, 0.5) is 11.4 Å². The van der Waals surface area contributed by atoms with E-state index in [1.54, 1.807) is 6.92 Å². The van der Waals surface area contributed by atoms with Crippen molar-refractivity contribution in [2.75, 3.05) is 10.6 Å². The highest BCUT2D eigenvalue weighted by Gasteiger charge is 2.32. The Hall–Kier alpha value is -2.16. The van der Waals surface area contributed by atoms with E-state index in [0.29, 0.717) is 5.56 Å². The molecule has 9 heteroatoms. The average molecular weight is 371 g/mol. The number of carbonyl (C=O) groups excluding carboxylic acids is 1. The normalized spacial score (nSPS) is 14.0. The Kier molecular flexibility index (Phi) is 6.53. The summed E-state index contributed by atoms with van der Waals surface area (Å²) in [4.78, 5) is 22.9. The molecule has 8 nitrogen and oxygen atoms in total. The number of rotatable bonds is 7. The minimum atomic E-state index is -3.83. The number of carbonyl (C=O) groups is 1. The second-order valence-corrected chi connectivity index (χ2v) is 8.36. The van der Waals surface area contributed by atoms with E-state index in [-0.39, 0.29) is 23.3 Å². The maximum absolute atomic E-state index is 12.5. The van der Waals surface area contributed by atoms with Crippen LogP contribution in [-0.2, 0) is 14.8 Å². The monoisotopic (exact) mass is 371 g/mol. The molecule has 1 N–H and O–H groups in total. The zero-order valence-electron chi connectivity index (χ0n) is 15.3. The fourth-order valence-corrected chi connectivity index (χ4v) is 3.47. The van der Waals surface area contributed by atoms with Crippen molar-refractivity contribution in [1.29, 1.82) is 0 Å². The Bertz CT molecular complexity index is 761. The number of nitro groups is 1. The van der Waals surface area contributed by atoms with Crippen LogP contribution >= 0.6 is 0 Å². The number of aryl methyl sites for hydroxylation is 1. The van der Waals surface area contributed by atoms with Crippen LogP contribution in [0.5, 0.6) is 0 Å². The molecule has 0 fully saturated rings. The summed E-state index contributed by atoms with van der Waals surface area (Å²) in [5, 5.41) is 13.8. The number of benzene rings is 1. The van der Waals surface area contributed by atoms with E-state index in [0.717, 1.165) is 10.6 Å². The fraction of sp³-hybridized carbons (Fsp3) is 0.562. The van der Waals surface area contributed by atoms with Crippen LogP contribution in [0, 0.1) is 23.0 Å². The summed E-state index contributed by atoms with van der Waals surface area (Å²) in [5.74, 6) is -0.278. The first-order valence-corrected chi connectivity index (χ1v) is 9.76. The third kappa shape index (κ3) is 5.15. The molecule has 0 saturated heterocycles. The van der Waals surface area contributed by atoms with E-state index >= 15 is 0 Å². The van der Waals surface area contributed by atoms with E-state index in [9.17, 15) is 23.3 Å². The lowest BCUT2D eigenvalue weighted by molar-refractivity contribution is -0.384. The maximum atomic E-state index is 12.5. The van der Waals surface area contributed by atoms with Crippen molar-refractivity contribution < 1.29 is 18.1 Å². The van der Waals surface area contributed by atoms with Gasteiger partial charge in [0.1, 0.15) is 6.04 Å². The number of hydrogen-bond acceptors (Lipinski definition) is 5. The van der Waals surface area contributed by atoms with Gasteiger partial charge in [0, 0.05) is 18.2 Å². The molecular weight excluding hydrogens is 346 g/mol. The third-order valence-corrected chi connectivity index (χ3v) is 5.33. The van der Waals surface area contributed by atoms with Crippen LogP contribution in [0.2, 0.25) is 0 Å². The van der Waals surface area contributed by atoms with Crippen molar-refractivity contribution in [2.45, 2.75) is 46.7 Å². The molecular formula is C16H25N3O5S. The van der Waals surface area contributed by atoms with Gasteiger partial charge in [-0.05, 0) is 32.3 Å². The molecule has 0 heterocycles. The van der Waals surface area contributed by atoms with E-state index < -0.39 is 26.9 Å². The molecule has 0 aliphatic heterocycles. The molecule has 0 aliphatic carbocycles. The topological polar surface area (TPSA) is 110 Å². The highest BCUT2D eigenvalue weighted by Crippen LogP contribution is 2.29. The van der Waals surface area contributed by atoms with Gasteiger partial charge in [0.15, 0.2) is 0 Å². The summed E-state index contributed by atoms with van der Waals surface area (Å²) in [6, 6.07) is 2.75. The molecule has 1 aromatic rings. The lowest BCUT2D eigenvalue weighted by atomic mass is 10.1. The highest BCUT2D eigenvalue weighted by molar-refractivity contribution is 7.92. The number of hydrogen-bond donors (Lipinski definition) is 1. The molecule has 0 spiro atoms. The van der Waals surface area contributed by atoms with Crippen molar-refractivity contribution >= 4 is 27.3 Å². The Balaban J connectivity index is 3.34. The molecule has 25 heavy (non-hydrogen) atoms. The second-order valence-electron chi connectivity index (χ2n) is 6.50. The standard InChI is InChI=1S/C16H25N3O5S/c1-10(2)12(4)17-16(20)13(5)18(25(6,23)24)15-9-14(19(21)22)8-7-11(15)3/h7-10,12-13H,1-6H3,(H,17,20)/t12-,13+/m1/s1. The smallest absolute Gasteiger partial charge is 0.271 e. The summed E-state index contributed by atoms with van der Waals surface area (Å²) in [5.41, 5.74) is 0.404. The number of anilines is 1. The molecule has 1 amide bonds. The van der Waals surface area contributed by atoms with Crippen molar-refractivity contribution in [2.24, 2.45) is 5.92 Å². The molecule has 0 radical (unpaired) electrons. The summed E-state index contributed by atoms with van der Waals surface area (Å²) in [7, 11) is -3.83. The molecule has 2 atom stereocenters. The van der Waals surface area contributed by atoms with Gasteiger partial charge < -0.3 is 5.32 Å². The Morgan fingerprint density at radius 1 is 1.24 bits per heavy atom. The van der Waals surface area contributed by atoms with Gasteiger partial charge in [-0.15, -0.1) is 0 Å². The van der Waals surface area contributed by atoms with Crippen LogP contribution < -0.4 is 9.62 Å². The van der Waals surface area contributed by atoms with Gasteiger partial charge in [0.25, 0.3) is 5.69 Å². The van der Waals surface area contributed by atoms with Gasteiger partial charge in [-0.2, -0.15) is 0 Å². The highest BCUT2D eigenvalue weighted by atomic mass is 32.2. The Morgan fingerprint density at radius 2 is 1.80 bits per heavy atom. The molecule has 0 saturated carbocycles. The van der Waals surface area contributed by atoms with E-state index in [1.807, 2.05) is 20.8 Å². The zero-order chi connectivity index (χ0) is 19.5. The van der Waals surface area contributed by atoms with Crippen molar-refractivity contribution in [3.05, 3.63) is 33.9 Å². The van der Waals surface area contributed by atoms with Crippen LogP contribution in [-0.4, -0.2) is 37.6 Å². The van der Waals surface area contributed by atoms with E-state index in [2.05, 4.69) is 5.32 Å². The largest absolute Gasteiger partial charge is 0.352 e. The quantitative estimate of drug-likeness (QED) is 0.584. The Morgan fingerprint density at radius 3 is 2.24 bits per heavy atom. The molecule has 1 aromatic carbocycles. The molecule has 1 rings (SSSR count). The number of amides is 1. The zero-order valence-corrected chi connectivity index (χ0v) is 16.1. The first kappa shape index (κ1) is 20.9. The van der Waals surface area contributed by atoms with E-state index in [1.165, 1.54) is 25.1 Å². The van der Waals surface area contributed by atoms with Crippen molar-refractivity contribution in [3.63, 3.8) is 0 Å². The van der Waals surface area contributed by atoms with Crippen LogP contribution in [0.1, 0.15) is 33.3 Å². The first-order chi connectivity index (χ1) is 11.4. The maximum Gasteiger partial charge on any atom is 0.271 e. The fourth-order valence-electron chi connectivity index (χ4n) is 2.24. The van der Waals surface area contributed by atoms with Crippen LogP contribution in [0.25, 0.3) is 0 Å². The molecule has 0 aliphatic rings. The number of sulfonamides is 1. The molecule has 140 valence electrons. The molecule has 0 aromatic heterocycles. The van der Waals surface area contributed by atoms with E-state index in [4.69, 9.17) is 0 Å². The Labute approximate surface area is 148 Å². The van der Waals surface area contributed by atoms with Crippen molar-refractivity contribution in [3.8, 4) is 0 Å². The van der Waals surface area contributed by atoms with Gasteiger partial charge in [-0.3, -0.25) is 19.2 Å². The average Bonchev–Trinajstić information content (AvgIpc) is 2.47. The minimum Gasteiger partial charge on any atom is -0.352 e. The summed E-state index contributed by atoms with van der Waals surface area (Å²) >= 11 is 0. The SMILES string of the molecule is Cc1ccc([N+](=O)[O-])cc1N([C@@H](C)C(=O)N[C@H](C)C(C)C)S(C)(=O)=O. The van der Waals surface area contributed by atoms with Gasteiger partial charge in [-0.25, -0.2) is 8.42 Å². The second kappa shape index (κ2) is 7.81. The summed E-state index contributed by atoms with van der Waals surface area (Å²) in [6.07, 6.45) is 0.973. The number of nitrogens with zero attached hydrogens (tertiary/aromatic N) is 2. The molecule has 0 bridgehead atoms. The third-order valence-electron chi connectivity index (χ3n) is 4.10. The predicted octanol–water partition coefficient (Wildman–Crippen LogP) is 2.22. The molecule has 0 unspecified atom stereocenters. The lowest BCUT2D eigenvalue weighted by Gasteiger charge is -2.30. The number of nitrogens with one attached hydrogen (secondary N) is 1. The summed E-state index contributed by atoms with van der Waals surface area (Å²) < 4.78 is 25.5. The van der Waals surface area contributed by atoms with Gasteiger partial charge >= 0.3 is 0 Å². The summed E-state index contributed by atoms with van der Waals surface area (Å²) in [6.45, 7) is 8.81. The van der Waals surface area contributed by atoms with Crippen LogP contribution in [0.15, 0.2) is 18.2 Å². The van der Waals surface area contributed by atoms with Gasteiger partial charge in [-0.1, -0.05) is 19.9 Å². The number of non-ortho nitro benzene ring substituents is 1. The first-order valence-electron chi connectivity index (χ1n) is 7.91. The van der Waals surface area contributed by atoms with Crippen molar-refractivity contribution in [1.82, 2.24) is 5.32 Å². The lowest BCUT2D eigenvalue weighted by Crippen LogP contribution is -2.50. The predicted molar refractivity (Wildman–Crippen MR) is 97.1 cm³/mol. The van der Waals surface area contributed by atoms with Gasteiger partial charge in [0.2, 0.25) is 15.9 Å².